The number of hydrogen-bond acceptors (Lipinski definition) is 4. The summed E-state index contributed by atoms with van der Waals surface area (Å²) in [5.74, 6) is -0.176. The van der Waals surface area contributed by atoms with Gasteiger partial charge in [-0.1, -0.05) is 25.3 Å². The number of benzene rings is 1. The summed E-state index contributed by atoms with van der Waals surface area (Å²) in [7, 11) is 0. The first kappa shape index (κ1) is 24.4. The summed E-state index contributed by atoms with van der Waals surface area (Å²) in [6.07, 6.45) is 6.76. The Hall–Kier alpha value is -1.63. The van der Waals surface area contributed by atoms with Gasteiger partial charge in [0.1, 0.15) is 0 Å². The Morgan fingerprint density at radius 3 is 2.64 bits per heavy atom. The van der Waals surface area contributed by atoms with Crippen molar-refractivity contribution in [2.75, 3.05) is 31.6 Å². The molecule has 2 amide bonds. The van der Waals surface area contributed by atoms with Gasteiger partial charge >= 0.3 is 0 Å². The van der Waals surface area contributed by atoms with Gasteiger partial charge < -0.3 is 21.1 Å². The van der Waals surface area contributed by atoms with E-state index in [4.69, 9.17) is 10.5 Å². The highest BCUT2D eigenvalue weighted by atomic mass is 35.5. The van der Waals surface area contributed by atoms with E-state index in [9.17, 15) is 9.59 Å². The number of carbonyl (C=O) groups excluding carboxylic acids is 2. The van der Waals surface area contributed by atoms with Crippen molar-refractivity contribution in [2.45, 2.75) is 51.9 Å². The Morgan fingerprint density at radius 1 is 1.21 bits per heavy atom. The third-order valence-corrected chi connectivity index (χ3v) is 5.25. The average molecular weight is 412 g/mol. The van der Waals surface area contributed by atoms with Crippen molar-refractivity contribution < 1.29 is 14.3 Å². The number of nitrogens with one attached hydrogen (secondary N) is 2. The second-order valence-electron chi connectivity index (χ2n) is 7.38. The number of amides is 2. The van der Waals surface area contributed by atoms with Gasteiger partial charge in [-0.15, -0.1) is 12.4 Å². The molecule has 158 valence electrons. The maximum atomic E-state index is 12.5. The molecule has 0 saturated heterocycles. The van der Waals surface area contributed by atoms with Crippen LogP contribution >= 0.6 is 12.4 Å². The average Bonchev–Trinajstić information content (AvgIpc) is 2.68. The molecule has 0 heterocycles. The highest BCUT2D eigenvalue weighted by molar-refractivity contribution is 5.97. The van der Waals surface area contributed by atoms with E-state index in [2.05, 4.69) is 10.6 Å². The molecule has 6 nitrogen and oxygen atoms in total. The molecule has 1 aromatic rings. The molecule has 0 bridgehead atoms. The van der Waals surface area contributed by atoms with E-state index in [0.717, 1.165) is 32.1 Å². The second kappa shape index (κ2) is 12.8. The van der Waals surface area contributed by atoms with Crippen LogP contribution in [-0.2, 0) is 9.53 Å². The summed E-state index contributed by atoms with van der Waals surface area (Å²) in [4.78, 5) is 24.8. The molecule has 0 radical (unpaired) electrons. The normalized spacial score (nSPS) is 15.4. The zero-order valence-corrected chi connectivity index (χ0v) is 17.6. The zero-order chi connectivity index (χ0) is 19.5. The minimum absolute atomic E-state index is 0. The number of hydrogen-bond donors (Lipinski definition) is 3. The molecule has 1 aliphatic rings. The molecule has 1 aliphatic carbocycles. The molecule has 1 aromatic carbocycles. The molecule has 1 saturated carbocycles. The first-order valence-corrected chi connectivity index (χ1v) is 10.0. The standard InChI is InChI=1S/C21H33N3O3.ClH/c1-2-27-13-7-12-23-20(26)17-8-6-9-18(14-17)24-19(25)15-21(16-22)10-4-3-5-11-21;/h6,8-9,14H,2-5,7,10-13,15-16,22H2,1H3,(H,23,26)(H,24,25);1H. The number of nitrogens with two attached hydrogens (primary N) is 1. The van der Waals surface area contributed by atoms with Crippen LogP contribution in [0.15, 0.2) is 24.3 Å². The minimum Gasteiger partial charge on any atom is -0.382 e. The molecule has 28 heavy (non-hydrogen) atoms. The Bertz CT molecular complexity index is 619. The third kappa shape index (κ3) is 7.78. The van der Waals surface area contributed by atoms with Gasteiger partial charge in [0, 0.05) is 37.4 Å². The zero-order valence-electron chi connectivity index (χ0n) is 16.8. The predicted molar refractivity (Wildman–Crippen MR) is 115 cm³/mol. The van der Waals surface area contributed by atoms with Crippen LogP contribution in [0.5, 0.6) is 0 Å². The Labute approximate surface area is 174 Å². The minimum atomic E-state index is -0.145. The summed E-state index contributed by atoms with van der Waals surface area (Å²) in [6.45, 7) is 4.37. The van der Waals surface area contributed by atoms with Crippen molar-refractivity contribution in [3.63, 3.8) is 0 Å². The second-order valence-corrected chi connectivity index (χ2v) is 7.38. The van der Waals surface area contributed by atoms with Crippen LogP contribution < -0.4 is 16.4 Å². The summed E-state index contributed by atoms with van der Waals surface area (Å²) in [6, 6.07) is 7.05. The van der Waals surface area contributed by atoms with Crippen LogP contribution in [0.2, 0.25) is 0 Å². The smallest absolute Gasteiger partial charge is 0.251 e. The maximum absolute atomic E-state index is 12.5. The molecular formula is C21H34ClN3O3. The van der Waals surface area contributed by atoms with Gasteiger partial charge in [0.25, 0.3) is 5.91 Å². The Morgan fingerprint density at radius 2 is 1.96 bits per heavy atom. The fourth-order valence-corrected chi connectivity index (χ4v) is 3.66. The first-order chi connectivity index (χ1) is 13.1. The van der Waals surface area contributed by atoms with Gasteiger partial charge in [-0.05, 0) is 56.3 Å². The van der Waals surface area contributed by atoms with Gasteiger partial charge in [0.2, 0.25) is 5.91 Å². The Kier molecular flexibility index (Phi) is 11.1. The molecule has 0 aromatic heterocycles. The molecule has 4 N–H and O–H groups in total. The largest absolute Gasteiger partial charge is 0.382 e. The number of rotatable bonds is 10. The lowest BCUT2D eigenvalue weighted by Crippen LogP contribution is -2.36. The molecular weight excluding hydrogens is 378 g/mol. The lowest BCUT2D eigenvalue weighted by Gasteiger charge is -2.35. The molecule has 0 atom stereocenters. The van der Waals surface area contributed by atoms with Gasteiger partial charge in [0.15, 0.2) is 0 Å². The topological polar surface area (TPSA) is 93.5 Å². The van der Waals surface area contributed by atoms with Gasteiger partial charge in [-0.3, -0.25) is 9.59 Å². The van der Waals surface area contributed by atoms with Gasteiger partial charge in [-0.2, -0.15) is 0 Å². The van der Waals surface area contributed by atoms with Crippen molar-refractivity contribution in [2.24, 2.45) is 11.1 Å². The molecule has 0 aliphatic heterocycles. The Balaban J connectivity index is 0.00000392. The molecule has 7 heteroatoms. The predicted octanol–water partition coefficient (Wildman–Crippen LogP) is 3.50. The fraction of sp³-hybridized carbons (Fsp3) is 0.619. The van der Waals surface area contributed by atoms with Crippen LogP contribution in [0.25, 0.3) is 0 Å². The van der Waals surface area contributed by atoms with E-state index in [1.165, 1.54) is 6.42 Å². The van der Waals surface area contributed by atoms with Crippen LogP contribution in [0, 0.1) is 5.41 Å². The van der Waals surface area contributed by atoms with E-state index in [1.54, 1.807) is 24.3 Å². The van der Waals surface area contributed by atoms with E-state index in [1.807, 2.05) is 6.92 Å². The number of anilines is 1. The maximum Gasteiger partial charge on any atom is 0.251 e. The number of halogens is 1. The summed E-state index contributed by atoms with van der Waals surface area (Å²) < 4.78 is 5.26. The van der Waals surface area contributed by atoms with Crippen LogP contribution in [-0.4, -0.2) is 38.1 Å². The van der Waals surface area contributed by atoms with E-state index in [-0.39, 0.29) is 29.6 Å². The van der Waals surface area contributed by atoms with Crippen LogP contribution in [0.1, 0.15) is 62.2 Å². The summed E-state index contributed by atoms with van der Waals surface area (Å²) in [5, 5.41) is 5.80. The quantitative estimate of drug-likeness (QED) is 0.513. The monoisotopic (exact) mass is 411 g/mol. The molecule has 2 rings (SSSR count). The van der Waals surface area contributed by atoms with Crippen LogP contribution in [0.3, 0.4) is 0 Å². The van der Waals surface area contributed by atoms with Gasteiger partial charge in [-0.25, -0.2) is 0 Å². The molecule has 0 unspecified atom stereocenters. The number of carbonyl (C=O) groups is 2. The third-order valence-electron chi connectivity index (χ3n) is 5.25. The van der Waals surface area contributed by atoms with Crippen molar-refractivity contribution >= 4 is 29.9 Å². The highest BCUT2D eigenvalue weighted by Gasteiger charge is 2.32. The van der Waals surface area contributed by atoms with Gasteiger partial charge in [0.05, 0.1) is 0 Å². The molecule has 0 spiro atoms. The van der Waals surface area contributed by atoms with E-state index in [0.29, 0.717) is 44.0 Å². The van der Waals surface area contributed by atoms with E-state index >= 15 is 0 Å². The lowest BCUT2D eigenvalue weighted by atomic mass is 9.71. The summed E-state index contributed by atoms with van der Waals surface area (Å²) >= 11 is 0. The fourth-order valence-electron chi connectivity index (χ4n) is 3.66. The van der Waals surface area contributed by atoms with Crippen molar-refractivity contribution in [3.8, 4) is 0 Å². The summed E-state index contributed by atoms with van der Waals surface area (Å²) in [5.41, 5.74) is 7.09. The van der Waals surface area contributed by atoms with Crippen molar-refractivity contribution in [1.29, 1.82) is 0 Å². The van der Waals surface area contributed by atoms with Crippen LogP contribution in [0.4, 0.5) is 5.69 Å². The number of ether oxygens (including phenoxy) is 1. The van der Waals surface area contributed by atoms with Crippen molar-refractivity contribution in [3.05, 3.63) is 29.8 Å². The molecule has 1 fully saturated rings. The lowest BCUT2D eigenvalue weighted by molar-refractivity contribution is -0.118. The highest BCUT2D eigenvalue weighted by Crippen LogP contribution is 2.38. The van der Waals surface area contributed by atoms with E-state index < -0.39 is 0 Å². The SMILES string of the molecule is CCOCCCNC(=O)c1cccc(NC(=O)CC2(CN)CCCCC2)c1.Cl. The first-order valence-electron chi connectivity index (χ1n) is 10.0. The van der Waals surface area contributed by atoms with Crippen molar-refractivity contribution in [1.82, 2.24) is 5.32 Å².